The van der Waals surface area contributed by atoms with E-state index in [1.807, 2.05) is 0 Å². The van der Waals surface area contributed by atoms with Crippen LogP contribution in [0.4, 0.5) is 0 Å². The highest BCUT2D eigenvalue weighted by molar-refractivity contribution is 7.01. The van der Waals surface area contributed by atoms with Crippen LogP contribution in [0.2, 0.25) is 0 Å². The number of nitrogens with zero attached hydrogens (tertiary/aromatic N) is 6. The fourth-order valence-electron chi connectivity index (χ4n) is 16.2. The first-order valence-corrected chi connectivity index (χ1v) is 33.3. The van der Waals surface area contributed by atoms with Gasteiger partial charge in [-0.05, 0) is 132 Å². The van der Waals surface area contributed by atoms with Crippen molar-refractivity contribution in [2.45, 2.75) is 0 Å². The van der Waals surface area contributed by atoms with E-state index in [1.54, 1.807) is 0 Å². The van der Waals surface area contributed by atoms with Crippen LogP contribution in [-0.4, -0.2) is 35.1 Å². The molecule has 20 rings (SSSR count). The highest BCUT2D eigenvalue weighted by Gasteiger charge is 2.47. The second-order valence-electron chi connectivity index (χ2n) is 24.4. The number of benzene rings is 14. The molecule has 0 aliphatic rings. The predicted octanol–water partition coefficient (Wildman–Crippen LogP) is 19.9. The second-order valence-corrected chi connectivity index (χ2v) is 27.8. The first-order chi connectivity index (χ1) is 45.2. The number of aromatic nitrogens is 6. The summed E-state index contributed by atoms with van der Waals surface area (Å²) in [5.74, 6) is 0. The van der Waals surface area contributed by atoms with Crippen molar-refractivity contribution < 1.29 is 0 Å². The molecule has 6 nitrogen and oxygen atoms in total. The maximum Gasteiger partial charge on any atom is 0.340 e. The lowest BCUT2D eigenvalue weighted by Gasteiger charge is -2.38. The van der Waals surface area contributed by atoms with E-state index in [0.29, 0.717) is 0 Å². The van der Waals surface area contributed by atoms with Gasteiger partial charge in [-0.3, -0.25) is 0 Å². The summed E-state index contributed by atoms with van der Waals surface area (Å²) in [6.45, 7) is 0. The minimum atomic E-state index is -3.73. The van der Waals surface area contributed by atoms with Crippen molar-refractivity contribution in [3.8, 4) is 22.7 Å². The van der Waals surface area contributed by atoms with Crippen LogP contribution < -0.4 is 10.4 Å². The summed E-state index contributed by atoms with van der Waals surface area (Å²) < 4.78 is 15.5. The third kappa shape index (κ3) is 6.90. The van der Waals surface area contributed by atoms with Gasteiger partial charge in [0, 0.05) is 109 Å². The summed E-state index contributed by atoms with van der Waals surface area (Å²) in [7, 11) is -3.73. The third-order valence-corrected chi connectivity index (χ3v) is 24.4. The fourth-order valence-corrected chi connectivity index (χ4v) is 21.2. The van der Waals surface area contributed by atoms with E-state index in [4.69, 9.17) is 0 Å². The molecule has 0 N–H and O–H groups in total. The van der Waals surface area contributed by atoms with E-state index < -0.39 is 8.40 Å². The minimum Gasteiger partial charge on any atom is -0.342 e. The van der Waals surface area contributed by atoms with E-state index in [2.05, 4.69) is 354 Å². The van der Waals surface area contributed by atoms with Crippen LogP contribution in [0.5, 0.6) is 0 Å². The molecule has 0 bridgehead atoms. The molecule has 7 heteroatoms. The van der Waals surface area contributed by atoms with Gasteiger partial charge < -0.3 is 26.7 Å². The zero-order chi connectivity index (χ0) is 59.5. The van der Waals surface area contributed by atoms with Crippen LogP contribution in [0.3, 0.4) is 0 Å². The highest BCUT2D eigenvalue weighted by atomic mass is 28.3. The first-order valence-electron chi connectivity index (χ1n) is 31.4. The van der Waals surface area contributed by atoms with E-state index in [0.717, 1.165) is 44.8 Å². The SMILES string of the molecule is c1ccc([Si](c2ccccc2)(n2c3ccc(-n4c5ccccc5c5ccccc54)cc3c3cc(-n4c5ccccc5c5ccccc54)ccc32)n2c3ccc(-n4c5ccccc5c5ccccc54)cc3c3cc(-n4c5ccccc5c5ccccc54)ccc32)cc1. The van der Waals surface area contributed by atoms with E-state index in [9.17, 15) is 0 Å². The molecule has 91 heavy (non-hydrogen) atoms. The molecule has 0 unspecified atom stereocenters. The number of fused-ring (bicyclic) bond motifs is 18. The van der Waals surface area contributed by atoms with Crippen molar-refractivity contribution in [1.29, 1.82) is 0 Å². The van der Waals surface area contributed by atoms with E-state index in [1.165, 1.54) is 119 Å². The maximum atomic E-state index is 2.83. The largest absolute Gasteiger partial charge is 0.342 e. The Balaban J connectivity index is 0.954. The second kappa shape index (κ2) is 19.1. The van der Waals surface area contributed by atoms with Crippen LogP contribution in [0, 0.1) is 0 Å². The van der Waals surface area contributed by atoms with Gasteiger partial charge in [-0.15, -0.1) is 0 Å². The molecule has 0 aliphatic heterocycles. The van der Waals surface area contributed by atoms with Crippen molar-refractivity contribution in [3.05, 3.63) is 328 Å². The summed E-state index contributed by atoms with van der Waals surface area (Å²) in [5.41, 5.74) is 18.6. The van der Waals surface area contributed by atoms with Crippen molar-refractivity contribution in [2.75, 3.05) is 0 Å². The third-order valence-electron chi connectivity index (χ3n) is 19.8. The first kappa shape index (κ1) is 50.1. The fraction of sp³-hybridized carbons (Fsp3) is 0. The standard InChI is InChI=1S/C84H54N6Si/c1-3-23-59(24-4-1)91(60-25-5-2-6-26-60,89-81-47-43-55(85-73-35-15-7-27-61(73)62-28-8-16-36-74(62)85)51-69(81)70-52-56(44-48-82(70)89)86-75-37-17-9-29-63(75)64-30-10-18-38-76(64)86)90-83-49-45-57(87-77-39-19-11-31-65(77)66-32-12-20-40-78(66)87)53-71(83)72-54-58(46-50-84(72)90)88-79-41-21-13-33-67(79)68-34-14-22-42-80(68)88/h1-54H. The maximum absolute atomic E-state index is 3.73. The van der Waals surface area contributed by atoms with Crippen LogP contribution in [0.25, 0.3) is 154 Å². The van der Waals surface area contributed by atoms with Gasteiger partial charge >= 0.3 is 8.40 Å². The smallest absolute Gasteiger partial charge is 0.340 e. The van der Waals surface area contributed by atoms with Crippen molar-refractivity contribution >= 4 is 150 Å². The van der Waals surface area contributed by atoms with Gasteiger partial charge in [0.25, 0.3) is 0 Å². The topological polar surface area (TPSA) is 29.6 Å². The Morgan fingerprint density at radius 1 is 0.154 bits per heavy atom. The van der Waals surface area contributed by atoms with Gasteiger partial charge in [-0.1, -0.05) is 206 Å². The molecule has 20 aromatic rings. The molecule has 0 fully saturated rings. The monoisotopic (exact) mass is 1170 g/mol. The molecule has 14 aromatic carbocycles. The summed E-state index contributed by atoms with van der Waals surface area (Å²) >= 11 is 0. The lowest BCUT2D eigenvalue weighted by molar-refractivity contribution is 1.14. The van der Waals surface area contributed by atoms with Gasteiger partial charge in [0.05, 0.1) is 44.1 Å². The van der Waals surface area contributed by atoms with Crippen LogP contribution in [0.15, 0.2) is 328 Å². The van der Waals surface area contributed by atoms with Crippen LogP contribution in [0.1, 0.15) is 0 Å². The Morgan fingerprint density at radius 2 is 0.341 bits per heavy atom. The molecule has 0 spiro atoms. The lowest BCUT2D eigenvalue weighted by atomic mass is 10.1. The minimum absolute atomic E-state index is 1.12. The Labute approximate surface area is 523 Å². The molecule has 0 saturated carbocycles. The summed E-state index contributed by atoms with van der Waals surface area (Å²) in [6.07, 6.45) is 0. The molecule has 6 heterocycles. The Bertz CT molecular complexity index is 5460. The predicted molar refractivity (Wildman–Crippen MR) is 385 cm³/mol. The summed E-state index contributed by atoms with van der Waals surface area (Å²) in [6, 6.07) is 123. The highest BCUT2D eigenvalue weighted by Crippen LogP contribution is 2.44. The average molecular weight is 1180 g/mol. The van der Waals surface area contributed by atoms with Gasteiger partial charge in [0.1, 0.15) is 0 Å². The quantitative estimate of drug-likeness (QED) is 0.136. The average Bonchev–Trinajstić information content (AvgIpc) is 1.55. The van der Waals surface area contributed by atoms with Crippen LogP contribution in [-0.2, 0) is 0 Å². The molecule has 0 atom stereocenters. The molecule has 424 valence electrons. The van der Waals surface area contributed by atoms with Gasteiger partial charge in [0.15, 0.2) is 0 Å². The number of hydrogen-bond donors (Lipinski definition) is 0. The van der Waals surface area contributed by atoms with E-state index >= 15 is 0 Å². The number of hydrogen-bond acceptors (Lipinski definition) is 0. The van der Waals surface area contributed by atoms with Crippen molar-refractivity contribution in [1.82, 2.24) is 26.7 Å². The van der Waals surface area contributed by atoms with Gasteiger partial charge in [-0.2, -0.15) is 0 Å². The normalized spacial score (nSPS) is 12.4. The Hall–Kier alpha value is -11.9. The molecular weight excluding hydrogens is 1120 g/mol. The Kier molecular flexibility index (Phi) is 10.5. The summed E-state index contributed by atoms with van der Waals surface area (Å²) in [4.78, 5) is 0. The van der Waals surface area contributed by atoms with Crippen molar-refractivity contribution in [3.63, 3.8) is 0 Å². The van der Waals surface area contributed by atoms with Crippen LogP contribution >= 0.6 is 0 Å². The molecule has 0 amide bonds. The zero-order valence-electron chi connectivity index (χ0n) is 49.4. The zero-order valence-corrected chi connectivity index (χ0v) is 50.4. The molecule has 0 radical (unpaired) electrons. The Morgan fingerprint density at radius 3 is 0.549 bits per heavy atom. The lowest BCUT2D eigenvalue weighted by Crippen LogP contribution is -2.69. The molecule has 0 aliphatic carbocycles. The summed E-state index contributed by atoms with van der Waals surface area (Å²) in [5, 5.41) is 17.2. The molecule has 0 saturated heterocycles. The van der Waals surface area contributed by atoms with E-state index in [-0.39, 0.29) is 0 Å². The van der Waals surface area contributed by atoms with Crippen molar-refractivity contribution in [2.24, 2.45) is 0 Å². The number of para-hydroxylation sites is 8. The number of rotatable bonds is 8. The molecule has 6 aromatic heterocycles. The van der Waals surface area contributed by atoms with Gasteiger partial charge in [0.2, 0.25) is 0 Å². The molecular formula is C84H54N6Si. The van der Waals surface area contributed by atoms with Gasteiger partial charge in [-0.25, -0.2) is 0 Å².